The number of nitrogens with one attached hydrogen (secondary N) is 1. The first-order valence-corrected chi connectivity index (χ1v) is 11.6. The summed E-state index contributed by atoms with van der Waals surface area (Å²) in [5, 5.41) is 11.9. The predicted molar refractivity (Wildman–Crippen MR) is 119 cm³/mol. The minimum absolute atomic E-state index is 0.178. The molecule has 0 aromatic carbocycles. The van der Waals surface area contributed by atoms with E-state index in [9.17, 15) is 14.7 Å². The van der Waals surface area contributed by atoms with Crippen molar-refractivity contribution in [2.24, 2.45) is 5.92 Å². The van der Waals surface area contributed by atoms with Crippen LogP contribution in [-0.4, -0.2) is 45.7 Å². The lowest BCUT2D eigenvalue weighted by atomic mass is 9.79. The second-order valence-electron chi connectivity index (χ2n) is 8.85. The number of carboxylic acids is 1. The van der Waals surface area contributed by atoms with Crippen molar-refractivity contribution in [3.05, 3.63) is 59.2 Å². The number of carbonyl (C=O) groups is 2. The Morgan fingerprint density at radius 2 is 2.00 bits per heavy atom. The van der Waals surface area contributed by atoms with E-state index in [1.165, 1.54) is 42.4 Å². The molecule has 32 heavy (non-hydrogen) atoms. The molecular formula is C25H31N3O4. The third-order valence-corrected chi connectivity index (χ3v) is 6.50. The van der Waals surface area contributed by atoms with Gasteiger partial charge in [0.2, 0.25) is 0 Å². The number of nitrogens with zero attached hydrogens (tertiary/aromatic N) is 2. The van der Waals surface area contributed by atoms with E-state index in [2.05, 4.69) is 22.4 Å². The van der Waals surface area contributed by atoms with E-state index >= 15 is 0 Å². The van der Waals surface area contributed by atoms with Crippen LogP contribution in [0.3, 0.4) is 0 Å². The molecule has 2 aromatic rings. The molecule has 1 fully saturated rings. The van der Waals surface area contributed by atoms with Gasteiger partial charge in [-0.3, -0.25) is 14.8 Å². The maximum atomic E-state index is 12.2. The van der Waals surface area contributed by atoms with Crippen molar-refractivity contribution in [2.75, 3.05) is 6.61 Å². The number of aromatic nitrogens is 2. The molecule has 2 aromatic heterocycles. The monoisotopic (exact) mass is 437 g/mol. The van der Waals surface area contributed by atoms with Crippen LogP contribution >= 0.6 is 0 Å². The molecule has 4 rings (SSSR count). The van der Waals surface area contributed by atoms with Gasteiger partial charge in [0.25, 0.3) is 5.91 Å². The molecule has 7 nitrogen and oxygen atoms in total. The fraction of sp³-hybridized carbons (Fsp3) is 0.520. The molecule has 2 aliphatic carbocycles. The molecule has 0 bridgehead atoms. The van der Waals surface area contributed by atoms with Gasteiger partial charge >= 0.3 is 5.97 Å². The number of aliphatic carboxylic acids is 1. The molecule has 7 heteroatoms. The highest BCUT2D eigenvalue weighted by Crippen LogP contribution is 2.34. The van der Waals surface area contributed by atoms with Gasteiger partial charge in [-0.25, -0.2) is 4.79 Å². The van der Waals surface area contributed by atoms with Crippen LogP contribution in [0.1, 0.15) is 66.0 Å². The molecule has 0 radical (unpaired) electrons. The number of carbonyl (C=O) groups excluding carboxylic acids is 1. The van der Waals surface area contributed by atoms with Crippen LogP contribution in [0.4, 0.5) is 0 Å². The molecule has 0 aliphatic heterocycles. The normalized spacial score (nSPS) is 20.6. The third kappa shape index (κ3) is 5.91. The van der Waals surface area contributed by atoms with Gasteiger partial charge in [0.15, 0.2) is 0 Å². The number of ether oxygens (including phenoxy) is 1. The average Bonchev–Trinajstić information content (AvgIpc) is 2.79. The van der Waals surface area contributed by atoms with E-state index in [4.69, 9.17) is 9.72 Å². The highest BCUT2D eigenvalue weighted by Gasteiger charge is 2.30. The lowest BCUT2D eigenvalue weighted by Gasteiger charge is -2.35. The summed E-state index contributed by atoms with van der Waals surface area (Å²) < 4.78 is 5.86. The Morgan fingerprint density at radius 1 is 1.16 bits per heavy atom. The van der Waals surface area contributed by atoms with Gasteiger partial charge in [-0.2, -0.15) is 0 Å². The van der Waals surface area contributed by atoms with Crippen molar-refractivity contribution in [1.82, 2.24) is 15.3 Å². The van der Waals surface area contributed by atoms with Crippen molar-refractivity contribution < 1.29 is 19.4 Å². The Morgan fingerprint density at radius 3 is 2.78 bits per heavy atom. The maximum Gasteiger partial charge on any atom is 0.326 e. The first kappa shape index (κ1) is 22.4. The largest absolute Gasteiger partial charge is 0.480 e. The Bertz CT molecular complexity index is 928. The number of rotatable bonds is 10. The van der Waals surface area contributed by atoms with Crippen molar-refractivity contribution in [3.8, 4) is 0 Å². The van der Waals surface area contributed by atoms with Crippen LogP contribution in [0, 0.1) is 5.92 Å². The van der Waals surface area contributed by atoms with Crippen LogP contribution in [0.5, 0.6) is 0 Å². The van der Waals surface area contributed by atoms with Crippen molar-refractivity contribution >= 4 is 11.9 Å². The van der Waals surface area contributed by atoms with Crippen LogP contribution in [-0.2, 0) is 28.8 Å². The summed E-state index contributed by atoms with van der Waals surface area (Å²) in [6, 6.07) is 8.40. The molecule has 0 spiro atoms. The fourth-order valence-corrected chi connectivity index (χ4v) is 4.50. The quantitative estimate of drug-likeness (QED) is 0.591. The standard InChI is InChI=1S/C25H31N3O4/c29-24(22-7-3-4-13-26-22)28-23(25(30)31)12-14-32-20-15-17(16-20)8-10-19-11-9-18-5-1-2-6-21(18)27-19/h3-4,7,9,11,13,17,20,23H,1-2,5-6,8,10,12,14-16H2,(H,28,29)(H,30,31). The van der Waals surface area contributed by atoms with Gasteiger partial charge < -0.3 is 15.2 Å². The van der Waals surface area contributed by atoms with Crippen LogP contribution in [0.25, 0.3) is 0 Å². The first-order chi connectivity index (χ1) is 15.6. The molecular weight excluding hydrogens is 406 g/mol. The van der Waals surface area contributed by atoms with Gasteiger partial charge in [-0.1, -0.05) is 12.1 Å². The topological polar surface area (TPSA) is 101 Å². The Hall–Kier alpha value is -2.80. The smallest absolute Gasteiger partial charge is 0.326 e. The van der Waals surface area contributed by atoms with Crippen LogP contribution in [0.2, 0.25) is 0 Å². The summed E-state index contributed by atoms with van der Waals surface area (Å²) in [6.07, 6.45) is 10.8. The molecule has 1 saturated carbocycles. The molecule has 1 amide bonds. The fourth-order valence-electron chi connectivity index (χ4n) is 4.50. The lowest BCUT2D eigenvalue weighted by molar-refractivity contribution is -0.140. The van der Waals surface area contributed by atoms with Gasteiger partial charge in [0.05, 0.1) is 6.10 Å². The molecule has 2 aliphatic rings. The van der Waals surface area contributed by atoms with Gasteiger partial charge in [-0.05, 0) is 81.0 Å². The number of carboxylic acid groups (broad SMARTS) is 1. The summed E-state index contributed by atoms with van der Waals surface area (Å²) >= 11 is 0. The number of hydrogen-bond acceptors (Lipinski definition) is 5. The molecule has 1 unspecified atom stereocenters. The Kier molecular flexibility index (Phi) is 7.47. The minimum Gasteiger partial charge on any atom is -0.480 e. The van der Waals surface area contributed by atoms with Gasteiger partial charge in [0, 0.05) is 30.6 Å². The van der Waals surface area contributed by atoms with E-state index < -0.39 is 17.9 Å². The highest BCUT2D eigenvalue weighted by atomic mass is 16.5. The second-order valence-corrected chi connectivity index (χ2v) is 8.85. The zero-order chi connectivity index (χ0) is 22.3. The molecule has 1 atom stereocenters. The Labute approximate surface area is 188 Å². The van der Waals surface area contributed by atoms with E-state index in [1.54, 1.807) is 18.2 Å². The van der Waals surface area contributed by atoms with Crippen LogP contribution < -0.4 is 5.32 Å². The first-order valence-electron chi connectivity index (χ1n) is 11.6. The summed E-state index contributed by atoms with van der Waals surface area (Å²) in [7, 11) is 0. The molecule has 2 heterocycles. The van der Waals surface area contributed by atoms with Crippen molar-refractivity contribution in [1.29, 1.82) is 0 Å². The van der Waals surface area contributed by atoms with Crippen LogP contribution in [0.15, 0.2) is 36.5 Å². The molecule has 2 N–H and O–H groups in total. The van der Waals surface area contributed by atoms with Gasteiger partial charge in [-0.15, -0.1) is 0 Å². The number of hydrogen-bond donors (Lipinski definition) is 2. The average molecular weight is 438 g/mol. The summed E-state index contributed by atoms with van der Waals surface area (Å²) in [4.78, 5) is 32.5. The second kappa shape index (κ2) is 10.7. The van der Waals surface area contributed by atoms with E-state index in [0.717, 1.165) is 32.1 Å². The number of aryl methyl sites for hydroxylation is 3. The van der Waals surface area contributed by atoms with E-state index in [1.807, 2.05) is 0 Å². The SMILES string of the molecule is O=C(NC(CCOC1CC(CCc2ccc3c(n2)CCCC3)C1)C(=O)O)c1ccccn1. The molecule has 0 saturated heterocycles. The van der Waals surface area contributed by atoms with E-state index in [0.29, 0.717) is 12.5 Å². The summed E-state index contributed by atoms with van der Waals surface area (Å²) in [5.41, 5.74) is 4.12. The maximum absolute atomic E-state index is 12.2. The van der Waals surface area contributed by atoms with E-state index in [-0.39, 0.29) is 18.2 Å². The summed E-state index contributed by atoms with van der Waals surface area (Å²) in [5.74, 6) is -0.920. The van der Waals surface area contributed by atoms with Crippen molar-refractivity contribution in [3.63, 3.8) is 0 Å². The zero-order valence-electron chi connectivity index (χ0n) is 18.3. The lowest BCUT2D eigenvalue weighted by Crippen LogP contribution is -2.42. The summed E-state index contributed by atoms with van der Waals surface area (Å²) in [6.45, 7) is 0.309. The predicted octanol–water partition coefficient (Wildman–Crippen LogP) is 3.36. The third-order valence-electron chi connectivity index (χ3n) is 6.50. The molecule has 170 valence electrons. The minimum atomic E-state index is -1.07. The van der Waals surface area contributed by atoms with Gasteiger partial charge in [0.1, 0.15) is 11.7 Å². The number of fused-ring (bicyclic) bond motifs is 1. The zero-order valence-corrected chi connectivity index (χ0v) is 18.3. The number of pyridine rings is 2. The Balaban J connectivity index is 1.14. The van der Waals surface area contributed by atoms with Crippen molar-refractivity contribution in [2.45, 2.75) is 69.9 Å². The number of amides is 1. The highest BCUT2D eigenvalue weighted by molar-refractivity contribution is 5.94.